The summed E-state index contributed by atoms with van der Waals surface area (Å²) >= 11 is 0. The van der Waals surface area contributed by atoms with E-state index in [9.17, 15) is 17.6 Å². The van der Waals surface area contributed by atoms with Crippen LogP contribution in [0.25, 0.3) is 0 Å². The van der Waals surface area contributed by atoms with Crippen LogP contribution in [0.3, 0.4) is 0 Å². The van der Waals surface area contributed by atoms with E-state index in [4.69, 9.17) is 4.74 Å². The van der Waals surface area contributed by atoms with Crippen LogP contribution in [0.5, 0.6) is 0 Å². The largest absolute Gasteiger partial charge is 0.373 e. The Balaban J connectivity index is 1.51. The van der Waals surface area contributed by atoms with Crippen molar-refractivity contribution >= 4 is 15.9 Å². The Bertz CT molecular complexity index is 1030. The molecule has 1 saturated heterocycles. The lowest BCUT2D eigenvalue weighted by Gasteiger charge is -2.34. The Morgan fingerprint density at radius 1 is 1.03 bits per heavy atom. The van der Waals surface area contributed by atoms with Crippen molar-refractivity contribution in [1.29, 1.82) is 0 Å². The second-order valence-electron chi connectivity index (χ2n) is 8.39. The van der Waals surface area contributed by atoms with Gasteiger partial charge in [0.25, 0.3) is 5.91 Å². The van der Waals surface area contributed by atoms with Gasteiger partial charge in [0.1, 0.15) is 5.82 Å². The lowest BCUT2D eigenvalue weighted by Crippen LogP contribution is -2.48. The maximum atomic E-state index is 13.2. The molecular weight excluding hydrogens is 419 g/mol. The standard InChI is InChI=1S/C23H27FN2O4S/c1-16-13-25(14-17(2)30-16)31(28,29)22-11-5-19(6-12-22)23(27)26(21-9-10-21)15-18-3-7-20(24)8-4-18/h3-8,11-12,16-17,21H,9-10,13-15H2,1-2H3/t16-,17-/m1/s1. The highest BCUT2D eigenvalue weighted by Crippen LogP contribution is 2.30. The lowest BCUT2D eigenvalue weighted by molar-refractivity contribution is -0.0440. The molecule has 4 rings (SSSR count). The minimum atomic E-state index is -3.65. The first-order valence-corrected chi connectivity index (χ1v) is 12.0. The molecule has 6 nitrogen and oxygen atoms in total. The van der Waals surface area contributed by atoms with Gasteiger partial charge in [-0.05, 0) is 68.7 Å². The number of morpholine rings is 1. The van der Waals surface area contributed by atoms with Gasteiger partial charge in [0.15, 0.2) is 0 Å². The molecule has 166 valence electrons. The van der Waals surface area contributed by atoms with Crippen molar-refractivity contribution in [2.45, 2.75) is 56.4 Å². The van der Waals surface area contributed by atoms with Crippen LogP contribution < -0.4 is 0 Å². The molecule has 2 fully saturated rings. The number of ether oxygens (including phenoxy) is 1. The van der Waals surface area contributed by atoms with Gasteiger partial charge in [0.05, 0.1) is 17.1 Å². The molecule has 8 heteroatoms. The van der Waals surface area contributed by atoms with E-state index in [1.807, 2.05) is 13.8 Å². The quantitative estimate of drug-likeness (QED) is 0.682. The summed E-state index contributed by atoms with van der Waals surface area (Å²) in [7, 11) is -3.65. The minimum absolute atomic E-state index is 0.149. The molecular formula is C23H27FN2O4S. The van der Waals surface area contributed by atoms with Gasteiger partial charge >= 0.3 is 0 Å². The van der Waals surface area contributed by atoms with E-state index >= 15 is 0 Å². The lowest BCUT2D eigenvalue weighted by atomic mass is 10.1. The molecule has 0 radical (unpaired) electrons. The number of carbonyl (C=O) groups excluding carboxylic acids is 1. The number of carbonyl (C=O) groups is 1. The van der Waals surface area contributed by atoms with Crippen molar-refractivity contribution < 1.29 is 22.3 Å². The number of rotatable bonds is 6. The number of halogens is 1. The summed E-state index contributed by atoms with van der Waals surface area (Å²) < 4.78 is 46.3. The molecule has 1 amide bonds. The normalized spacial score (nSPS) is 22.3. The third-order valence-electron chi connectivity index (χ3n) is 5.64. The summed E-state index contributed by atoms with van der Waals surface area (Å²) in [6, 6.07) is 12.4. The fraction of sp³-hybridized carbons (Fsp3) is 0.435. The van der Waals surface area contributed by atoms with Gasteiger partial charge < -0.3 is 9.64 Å². The number of nitrogens with zero attached hydrogens (tertiary/aromatic N) is 2. The monoisotopic (exact) mass is 446 g/mol. The Kier molecular flexibility index (Phi) is 6.14. The fourth-order valence-electron chi connectivity index (χ4n) is 3.95. The summed E-state index contributed by atoms with van der Waals surface area (Å²) in [4.78, 5) is 15.1. The van der Waals surface area contributed by atoms with Crippen molar-refractivity contribution in [3.05, 3.63) is 65.5 Å². The van der Waals surface area contributed by atoms with Crippen LogP contribution >= 0.6 is 0 Å². The topological polar surface area (TPSA) is 66.9 Å². The molecule has 1 heterocycles. The fourth-order valence-corrected chi connectivity index (χ4v) is 5.54. The maximum absolute atomic E-state index is 13.2. The van der Waals surface area contributed by atoms with Crippen LogP contribution in [0.1, 0.15) is 42.6 Å². The molecule has 0 spiro atoms. The summed E-state index contributed by atoms with van der Waals surface area (Å²) in [6.45, 7) is 4.72. The van der Waals surface area contributed by atoms with Crippen molar-refractivity contribution in [3.8, 4) is 0 Å². The highest BCUT2D eigenvalue weighted by atomic mass is 32.2. The number of benzene rings is 2. The Morgan fingerprint density at radius 2 is 1.61 bits per heavy atom. The SMILES string of the molecule is C[C@@H]1CN(S(=O)(=O)c2ccc(C(=O)N(Cc3ccc(F)cc3)C3CC3)cc2)C[C@@H](C)O1. The second kappa shape index (κ2) is 8.68. The summed E-state index contributed by atoms with van der Waals surface area (Å²) in [5.41, 5.74) is 1.30. The first-order valence-electron chi connectivity index (χ1n) is 10.5. The van der Waals surface area contributed by atoms with Crippen LogP contribution in [0.15, 0.2) is 53.4 Å². The zero-order valence-electron chi connectivity index (χ0n) is 17.7. The highest BCUT2D eigenvalue weighted by molar-refractivity contribution is 7.89. The van der Waals surface area contributed by atoms with Crippen LogP contribution in [-0.2, 0) is 21.3 Å². The van der Waals surface area contributed by atoms with E-state index in [1.165, 1.54) is 28.6 Å². The predicted octanol–water partition coefficient (Wildman–Crippen LogP) is 3.43. The van der Waals surface area contributed by atoms with Gasteiger partial charge in [0, 0.05) is 31.2 Å². The molecule has 0 N–H and O–H groups in total. The highest BCUT2D eigenvalue weighted by Gasteiger charge is 2.34. The molecule has 0 bridgehead atoms. The number of sulfonamides is 1. The molecule has 2 aromatic carbocycles. The third kappa shape index (κ3) is 4.97. The van der Waals surface area contributed by atoms with Gasteiger partial charge in [0.2, 0.25) is 10.0 Å². The van der Waals surface area contributed by atoms with E-state index in [-0.39, 0.29) is 34.9 Å². The Hall–Kier alpha value is -2.29. The van der Waals surface area contributed by atoms with Crippen LogP contribution in [-0.4, -0.2) is 54.9 Å². The molecule has 2 aromatic rings. The third-order valence-corrected chi connectivity index (χ3v) is 7.49. The predicted molar refractivity (Wildman–Crippen MR) is 115 cm³/mol. The van der Waals surface area contributed by atoms with E-state index < -0.39 is 10.0 Å². The van der Waals surface area contributed by atoms with Crippen LogP contribution in [0.4, 0.5) is 4.39 Å². The van der Waals surface area contributed by atoms with Crippen LogP contribution in [0.2, 0.25) is 0 Å². The van der Waals surface area contributed by atoms with Gasteiger partial charge in [-0.15, -0.1) is 0 Å². The number of amides is 1. The molecule has 31 heavy (non-hydrogen) atoms. The molecule has 1 aliphatic heterocycles. The zero-order valence-corrected chi connectivity index (χ0v) is 18.5. The molecule has 1 aliphatic carbocycles. The van der Waals surface area contributed by atoms with Gasteiger partial charge in [-0.1, -0.05) is 12.1 Å². The number of hydrogen-bond donors (Lipinski definition) is 0. The van der Waals surface area contributed by atoms with E-state index in [0.717, 1.165) is 18.4 Å². The average Bonchev–Trinajstić information content (AvgIpc) is 3.57. The smallest absolute Gasteiger partial charge is 0.254 e. The minimum Gasteiger partial charge on any atom is -0.373 e. The van der Waals surface area contributed by atoms with Gasteiger partial charge in [-0.2, -0.15) is 4.31 Å². The van der Waals surface area contributed by atoms with Crippen molar-refractivity contribution in [2.24, 2.45) is 0 Å². The maximum Gasteiger partial charge on any atom is 0.254 e. The second-order valence-corrected chi connectivity index (χ2v) is 10.3. The molecule has 1 saturated carbocycles. The Labute approximate surface area is 182 Å². The first-order chi connectivity index (χ1) is 14.7. The van der Waals surface area contributed by atoms with Gasteiger partial charge in [-0.3, -0.25) is 4.79 Å². The molecule has 2 aliphatic rings. The Morgan fingerprint density at radius 3 is 2.16 bits per heavy atom. The summed E-state index contributed by atoms with van der Waals surface area (Å²) in [5, 5.41) is 0. The zero-order chi connectivity index (χ0) is 22.2. The van der Waals surface area contributed by atoms with E-state index in [0.29, 0.717) is 25.2 Å². The number of hydrogen-bond acceptors (Lipinski definition) is 4. The molecule has 0 unspecified atom stereocenters. The summed E-state index contributed by atoms with van der Waals surface area (Å²) in [5.74, 6) is -0.460. The van der Waals surface area contributed by atoms with Crippen molar-refractivity contribution in [1.82, 2.24) is 9.21 Å². The summed E-state index contributed by atoms with van der Waals surface area (Å²) in [6.07, 6.45) is 1.54. The van der Waals surface area contributed by atoms with E-state index in [1.54, 1.807) is 29.2 Å². The van der Waals surface area contributed by atoms with Crippen molar-refractivity contribution in [2.75, 3.05) is 13.1 Å². The molecule has 2 atom stereocenters. The first kappa shape index (κ1) is 21.9. The molecule has 0 aromatic heterocycles. The average molecular weight is 447 g/mol. The van der Waals surface area contributed by atoms with Crippen LogP contribution in [0, 0.1) is 5.82 Å². The van der Waals surface area contributed by atoms with Gasteiger partial charge in [-0.25, -0.2) is 12.8 Å². The van der Waals surface area contributed by atoms with E-state index in [2.05, 4.69) is 0 Å². The van der Waals surface area contributed by atoms with Crippen molar-refractivity contribution in [3.63, 3.8) is 0 Å².